The highest BCUT2D eigenvalue weighted by molar-refractivity contribution is 7.86. The van der Waals surface area contributed by atoms with Gasteiger partial charge in [-0.15, -0.1) is 0 Å². The van der Waals surface area contributed by atoms with Gasteiger partial charge in [-0.05, 0) is 61.4 Å². The summed E-state index contributed by atoms with van der Waals surface area (Å²) in [7, 11) is -2.34. The highest BCUT2D eigenvalue weighted by atomic mass is 32.2. The Balaban J connectivity index is 1.51. The molecule has 1 aliphatic carbocycles. The Morgan fingerprint density at radius 3 is 2.23 bits per heavy atom. The number of methoxy groups -OCH3 is 1. The van der Waals surface area contributed by atoms with Gasteiger partial charge in [-0.3, -0.25) is 4.18 Å². The van der Waals surface area contributed by atoms with Gasteiger partial charge in [0.2, 0.25) is 0 Å². The van der Waals surface area contributed by atoms with Crippen molar-refractivity contribution >= 4 is 16.1 Å². The second-order valence-corrected chi connectivity index (χ2v) is 8.31. The van der Waals surface area contributed by atoms with Gasteiger partial charge in [0.15, 0.2) is 0 Å². The third kappa shape index (κ3) is 4.14. The van der Waals surface area contributed by atoms with Gasteiger partial charge in [0.05, 0.1) is 24.2 Å². The largest absolute Gasteiger partial charge is 0.465 e. The molecule has 138 valence electrons. The van der Waals surface area contributed by atoms with Crippen LogP contribution in [0.3, 0.4) is 0 Å². The normalized spacial score (nSPS) is 19.6. The maximum Gasteiger partial charge on any atom is 0.337 e. The van der Waals surface area contributed by atoms with E-state index in [0.717, 1.165) is 24.0 Å². The molecule has 1 fully saturated rings. The van der Waals surface area contributed by atoms with Crippen molar-refractivity contribution in [1.82, 2.24) is 0 Å². The van der Waals surface area contributed by atoms with E-state index in [4.69, 9.17) is 4.18 Å². The molecular formula is C20H22O5S. The number of esters is 1. The van der Waals surface area contributed by atoms with E-state index in [2.05, 4.69) is 4.74 Å². The maximum atomic E-state index is 12.2. The number of rotatable bonds is 6. The van der Waals surface area contributed by atoms with Crippen molar-refractivity contribution in [1.29, 1.82) is 0 Å². The van der Waals surface area contributed by atoms with Crippen LogP contribution in [0.25, 0.3) is 0 Å². The van der Waals surface area contributed by atoms with Crippen molar-refractivity contribution in [3.63, 3.8) is 0 Å². The van der Waals surface area contributed by atoms with Crippen molar-refractivity contribution in [2.45, 2.75) is 30.6 Å². The van der Waals surface area contributed by atoms with E-state index in [1.165, 1.54) is 7.11 Å². The summed E-state index contributed by atoms with van der Waals surface area (Å²) in [5.74, 6) is 0.246. The molecule has 1 saturated carbocycles. The first-order valence-corrected chi connectivity index (χ1v) is 9.94. The Hall–Kier alpha value is -2.18. The molecule has 0 N–H and O–H groups in total. The van der Waals surface area contributed by atoms with Gasteiger partial charge in [-0.1, -0.05) is 29.8 Å². The zero-order valence-electron chi connectivity index (χ0n) is 14.8. The van der Waals surface area contributed by atoms with Gasteiger partial charge in [0.1, 0.15) is 0 Å². The molecule has 6 heteroatoms. The Bertz CT molecular complexity index is 863. The van der Waals surface area contributed by atoms with E-state index >= 15 is 0 Å². The third-order valence-corrected chi connectivity index (χ3v) is 6.10. The number of carbonyl (C=O) groups is 1. The van der Waals surface area contributed by atoms with Crippen molar-refractivity contribution in [3.05, 3.63) is 65.2 Å². The van der Waals surface area contributed by atoms with Crippen LogP contribution in [0.4, 0.5) is 0 Å². The smallest absolute Gasteiger partial charge is 0.337 e. The molecule has 5 nitrogen and oxygen atoms in total. The van der Waals surface area contributed by atoms with E-state index in [1.807, 2.05) is 19.1 Å². The van der Waals surface area contributed by atoms with Crippen LogP contribution in [-0.4, -0.2) is 28.1 Å². The van der Waals surface area contributed by atoms with Gasteiger partial charge < -0.3 is 4.74 Å². The predicted molar refractivity (Wildman–Crippen MR) is 97.6 cm³/mol. The fourth-order valence-corrected chi connectivity index (χ4v) is 4.09. The predicted octanol–water partition coefficient (Wildman–Crippen LogP) is 3.68. The Morgan fingerprint density at radius 2 is 1.65 bits per heavy atom. The number of carbonyl (C=O) groups excluding carboxylic acids is 1. The molecule has 2 aromatic carbocycles. The third-order valence-electron chi connectivity index (χ3n) is 4.81. The van der Waals surface area contributed by atoms with Crippen molar-refractivity contribution in [2.24, 2.45) is 5.92 Å². The number of hydrogen-bond acceptors (Lipinski definition) is 5. The molecule has 0 heterocycles. The van der Waals surface area contributed by atoms with E-state index in [9.17, 15) is 13.2 Å². The summed E-state index contributed by atoms with van der Waals surface area (Å²) in [6, 6.07) is 14.0. The zero-order valence-corrected chi connectivity index (χ0v) is 15.7. The summed E-state index contributed by atoms with van der Waals surface area (Å²) in [5, 5.41) is 0. The molecule has 0 atom stereocenters. The molecule has 26 heavy (non-hydrogen) atoms. The molecule has 2 aromatic rings. The lowest BCUT2D eigenvalue weighted by molar-refractivity contribution is 0.0600. The minimum absolute atomic E-state index is 0.192. The topological polar surface area (TPSA) is 69.7 Å². The monoisotopic (exact) mass is 374 g/mol. The minimum Gasteiger partial charge on any atom is -0.465 e. The fraction of sp³-hybridized carbons (Fsp3) is 0.350. The highest BCUT2D eigenvalue weighted by Gasteiger charge is 2.32. The summed E-state index contributed by atoms with van der Waals surface area (Å²) in [6.45, 7) is 2.11. The van der Waals surface area contributed by atoms with E-state index in [-0.39, 0.29) is 23.4 Å². The van der Waals surface area contributed by atoms with Gasteiger partial charge in [0, 0.05) is 0 Å². The van der Waals surface area contributed by atoms with Gasteiger partial charge >= 0.3 is 5.97 Å². The molecule has 0 saturated heterocycles. The number of ether oxygens (including phenoxy) is 1. The van der Waals surface area contributed by atoms with Crippen molar-refractivity contribution < 1.29 is 22.1 Å². The summed E-state index contributed by atoms with van der Waals surface area (Å²) >= 11 is 0. The van der Waals surface area contributed by atoms with Crippen LogP contribution in [0.1, 0.15) is 40.2 Å². The lowest BCUT2D eigenvalue weighted by Gasteiger charge is -2.35. The molecule has 0 amide bonds. The van der Waals surface area contributed by atoms with Crippen molar-refractivity contribution in [2.75, 3.05) is 13.7 Å². The molecular weight excluding hydrogens is 352 g/mol. The minimum atomic E-state index is -3.70. The summed E-state index contributed by atoms with van der Waals surface area (Å²) in [5.41, 5.74) is 2.68. The number of aryl methyl sites for hydroxylation is 1. The highest BCUT2D eigenvalue weighted by Crippen LogP contribution is 2.42. The van der Waals surface area contributed by atoms with Gasteiger partial charge in [-0.2, -0.15) is 8.42 Å². The van der Waals surface area contributed by atoms with Gasteiger partial charge in [0.25, 0.3) is 10.1 Å². The van der Waals surface area contributed by atoms with Crippen LogP contribution in [0.15, 0.2) is 53.4 Å². The SMILES string of the molecule is COC(=O)c1ccc(C2CC(COS(=O)(=O)c3ccc(C)cc3)C2)cc1. The molecule has 0 radical (unpaired) electrons. The first-order valence-electron chi connectivity index (χ1n) is 8.53. The van der Waals surface area contributed by atoms with E-state index in [0.29, 0.717) is 11.5 Å². The van der Waals surface area contributed by atoms with Crippen LogP contribution in [0.2, 0.25) is 0 Å². The molecule has 0 unspecified atom stereocenters. The quantitative estimate of drug-likeness (QED) is 0.570. The van der Waals surface area contributed by atoms with E-state index < -0.39 is 10.1 Å². The van der Waals surface area contributed by atoms with Crippen LogP contribution >= 0.6 is 0 Å². The molecule has 0 aliphatic heterocycles. The van der Waals surface area contributed by atoms with Gasteiger partial charge in [-0.25, -0.2) is 4.79 Å². The lowest BCUT2D eigenvalue weighted by Crippen LogP contribution is -2.27. The van der Waals surface area contributed by atoms with Crippen molar-refractivity contribution in [3.8, 4) is 0 Å². The Morgan fingerprint density at radius 1 is 1.04 bits per heavy atom. The average molecular weight is 374 g/mol. The van der Waals surface area contributed by atoms with E-state index in [1.54, 1.807) is 36.4 Å². The first-order chi connectivity index (χ1) is 12.4. The number of hydrogen-bond donors (Lipinski definition) is 0. The van der Waals surface area contributed by atoms with Crippen LogP contribution < -0.4 is 0 Å². The summed E-state index contributed by atoms with van der Waals surface area (Å²) in [4.78, 5) is 11.6. The first kappa shape index (κ1) is 18.6. The Labute approximate surface area is 154 Å². The average Bonchev–Trinajstić information content (AvgIpc) is 2.60. The standard InChI is InChI=1S/C20H22O5S/c1-14-3-9-19(10-4-14)26(22,23)25-13-15-11-18(12-15)16-5-7-17(8-6-16)20(21)24-2/h3-10,15,18H,11-13H2,1-2H3. The maximum absolute atomic E-state index is 12.2. The Kier molecular flexibility index (Phi) is 5.44. The second-order valence-electron chi connectivity index (χ2n) is 6.70. The van der Waals surface area contributed by atoms with Crippen LogP contribution in [-0.2, 0) is 19.0 Å². The second kappa shape index (κ2) is 7.60. The molecule has 0 bridgehead atoms. The molecule has 3 rings (SSSR count). The van der Waals surface area contributed by atoms with Crippen LogP contribution in [0.5, 0.6) is 0 Å². The van der Waals surface area contributed by atoms with Crippen LogP contribution in [0, 0.1) is 12.8 Å². The summed E-state index contributed by atoms with van der Waals surface area (Å²) in [6.07, 6.45) is 1.75. The summed E-state index contributed by atoms with van der Waals surface area (Å²) < 4.78 is 34.3. The lowest BCUT2D eigenvalue weighted by atomic mass is 9.72. The number of benzene rings is 2. The molecule has 0 aromatic heterocycles. The fourth-order valence-electron chi connectivity index (χ4n) is 3.11. The zero-order chi connectivity index (χ0) is 18.7. The molecule has 0 spiro atoms. The molecule has 1 aliphatic rings.